The number of benzene rings is 2. The van der Waals surface area contributed by atoms with Crippen LogP contribution in [-0.2, 0) is 6.42 Å². The number of anilines is 2. The smallest absolute Gasteiger partial charge is 0.259 e. The highest BCUT2D eigenvalue weighted by molar-refractivity contribution is 6.06. The molecule has 1 fully saturated rings. The lowest BCUT2D eigenvalue weighted by Crippen LogP contribution is -2.44. The summed E-state index contributed by atoms with van der Waals surface area (Å²) in [6.07, 6.45) is 5.01. The number of carbonyl (C=O) groups excluding carboxylic acids is 1. The van der Waals surface area contributed by atoms with Gasteiger partial charge in [-0.2, -0.15) is 4.98 Å². The van der Waals surface area contributed by atoms with Gasteiger partial charge >= 0.3 is 0 Å². The number of aliphatic hydroxyl groups excluding tert-OH is 1. The van der Waals surface area contributed by atoms with Crippen molar-refractivity contribution in [2.75, 3.05) is 16.8 Å². The molecule has 0 bridgehead atoms. The van der Waals surface area contributed by atoms with Crippen molar-refractivity contribution in [1.29, 1.82) is 0 Å². The molecule has 1 aromatic heterocycles. The first-order chi connectivity index (χ1) is 16.6. The van der Waals surface area contributed by atoms with Gasteiger partial charge in [0.2, 0.25) is 5.95 Å². The normalized spacial score (nSPS) is 20.2. The number of nitrogens with one attached hydrogen (secondary N) is 1. The number of amides is 1. The topological polar surface area (TPSA) is 87.6 Å². The Bertz CT molecular complexity index is 1150. The summed E-state index contributed by atoms with van der Waals surface area (Å²) in [5, 5.41) is 13.4. The van der Waals surface area contributed by atoms with Crippen LogP contribution in [0, 0.1) is 0 Å². The van der Waals surface area contributed by atoms with E-state index >= 15 is 0 Å². The Hall–Kier alpha value is -3.45. The molecule has 1 saturated carbocycles. The maximum Gasteiger partial charge on any atom is 0.259 e. The summed E-state index contributed by atoms with van der Waals surface area (Å²) in [4.78, 5) is 24.8. The van der Waals surface area contributed by atoms with Crippen molar-refractivity contribution < 1.29 is 14.6 Å². The predicted octanol–water partition coefficient (Wildman–Crippen LogP) is 4.53. The standard InChI is InChI=1S/C27H30N4O3/c1-18(19-5-3-2-4-6-19)29-27-28-15-13-25(30-27)31(22-8-10-23(32)11-9-22)26(33)21-7-12-24-20(17-21)14-16-34-24/h2-7,12-13,15,17-18,22-23,32H,8-11,14,16H2,1H3,(H,28,29,30)/t18-,22?,23?/m0/s1. The Balaban J connectivity index is 1.44. The molecule has 0 unspecified atom stereocenters. The Morgan fingerprint density at radius 2 is 1.91 bits per heavy atom. The Labute approximate surface area is 199 Å². The lowest BCUT2D eigenvalue weighted by Gasteiger charge is -2.35. The first kappa shape index (κ1) is 22.3. The SMILES string of the molecule is C[C@H](Nc1nccc(N(C(=O)c2ccc3c(c2)CCO3)C2CCC(O)CC2)n1)c1ccccc1. The number of aliphatic hydroxyl groups is 1. The fourth-order valence-electron chi connectivity index (χ4n) is 4.80. The second kappa shape index (κ2) is 9.81. The van der Waals surface area contributed by atoms with Gasteiger partial charge in [0.05, 0.1) is 18.8 Å². The lowest BCUT2D eigenvalue weighted by atomic mass is 9.91. The number of hydrogen-bond donors (Lipinski definition) is 2. The number of aromatic nitrogens is 2. The van der Waals surface area contributed by atoms with E-state index < -0.39 is 0 Å². The van der Waals surface area contributed by atoms with E-state index in [9.17, 15) is 9.90 Å². The molecule has 2 aliphatic rings. The molecule has 1 atom stereocenters. The van der Waals surface area contributed by atoms with Crippen LogP contribution in [0.5, 0.6) is 5.75 Å². The van der Waals surface area contributed by atoms with Gasteiger partial charge in [-0.25, -0.2) is 4.98 Å². The van der Waals surface area contributed by atoms with E-state index in [2.05, 4.69) is 29.4 Å². The maximum atomic E-state index is 13.8. The van der Waals surface area contributed by atoms with Crippen molar-refractivity contribution in [2.45, 2.75) is 57.2 Å². The molecule has 2 heterocycles. The van der Waals surface area contributed by atoms with E-state index in [0.717, 1.165) is 36.1 Å². The van der Waals surface area contributed by atoms with Crippen molar-refractivity contribution in [3.8, 4) is 5.75 Å². The van der Waals surface area contributed by atoms with Crippen LogP contribution < -0.4 is 15.0 Å². The minimum absolute atomic E-state index is 0.0159. The number of hydrogen-bond acceptors (Lipinski definition) is 6. The summed E-state index contributed by atoms with van der Waals surface area (Å²) in [6, 6.07) is 17.5. The largest absolute Gasteiger partial charge is 0.493 e. The van der Waals surface area contributed by atoms with Crippen LogP contribution >= 0.6 is 0 Å². The summed E-state index contributed by atoms with van der Waals surface area (Å²) in [5.41, 5.74) is 2.82. The van der Waals surface area contributed by atoms with Gasteiger partial charge in [-0.15, -0.1) is 0 Å². The molecule has 0 saturated heterocycles. The van der Waals surface area contributed by atoms with Gasteiger partial charge in [0.1, 0.15) is 11.6 Å². The summed E-state index contributed by atoms with van der Waals surface area (Å²) >= 11 is 0. The maximum absolute atomic E-state index is 13.8. The molecule has 7 nitrogen and oxygen atoms in total. The molecule has 176 valence electrons. The average molecular weight is 459 g/mol. The van der Waals surface area contributed by atoms with E-state index in [4.69, 9.17) is 9.72 Å². The summed E-state index contributed by atoms with van der Waals surface area (Å²) in [6.45, 7) is 2.71. The Morgan fingerprint density at radius 3 is 2.71 bits per heavy atom. The zero-order valence-electron chi connectivity index (χ0n) is 19.4. The van der Waals surface area contributed by atoms with Crippen molar-refractivity contribution >= 4 is 17.7 Å². The Kier molecular flexibility index (Phi) is 6.45. The lowest BCUT2D eigenvalue weighted by molar-refractivity contribution is 0.0926. The first-order valence-corrected chi connectivity index (χ1v) is 12.0. The van der Waals surface area contributed by atoms with Crippen LogP contribution in [0.1, 0.15) is 60.1 Å². The van der Waals surface area contributed by atoms with Gasteiger partial charge in [0, 0.05) is 24.2 Å². The highest BCUT2D eigenvalue weighted by Gasteiger charge is 2.32. The molecule has 0 spiro atoms. The van der Waals surface area contributed by atoms with Crippen molar-refractivity contribution in [1.82, 2.24) is 9.97 Å². The monoisotopic (exact) mass is 458 g/mol. The zero-order valence-corrected chi connectivity index (χ0v) is 19.4. The second-order valence-electron chi connectivity index (χ2n) is 9.07. The molecule has 1 aliphatic carbocycles. The fraction of sp³-hybridized carbons (Fsp3) is 0.370. The highest BCUT2D eigenvalue weighted by atomic mass is 16.5. The summed E-state index contributed by atoms with van der Waals surface area (Å²) < 4.78 is 5.61. The third-order valence-electron chi connectivity index (χ3n) is 6.72. The fourth-order valence-corrected chi connectivity index (χ4v) is 4.80. The molecule has 3 aromatic rings. The van der Waals surface area contributed by atoms with Crippen LogP contribution in [-0.4, -0.2) is 39.7 Å². The third-order valence-corrected chi connectivity index (χ3v) is 6.72. The van der Waals surface area contributed by atoms with Crippen LogP contribution in [0.4, 0.5) is 11.8 Å². The van der Waals surface area contributed by atoms with Crippen molar-refractivity contribution in [2.24, 2.45) is 0 Å². The van der Waals surface area contributed by atoms with Gasteiger partial charge in [0.25, 0.3) is 5.91 Å². The van der Waals surface area contributed by atoms with E-state index in [1.54, 1.807) is 17.2 Å². The molecule has 2 N–H and O–H groups in total. The number of nitrogens with zero attached hydrogens (tertiary/aromatic N) is 3. The van der Waals surface area contributed by atoms with Crippen molar-refractivity contribution in [3.05, 3.63) is 77.5 Å². The second-order valence-corrected chi connectivity index (χ2v) is 9.07. The molecular weight excluding hydrogens is 428 g/mol. The van der Waals surface area contributed by atoms with E-state index in [1.807, 2.05) is 36.4 Å². The molecule has 34 heavy (non-hydrogen) atoms. The average Bonchev–Trinajstić information content (AvgIpc) is 3.34. The van der Waals surface area contributed by atoms with Crippen molar-refractivity contribution in [3.63, 3.8) is 0 Å². The van der Waals surface area contributed by atoms with Gasteiger partial charge < -0.3 is 15.2 Å². The number of rotatable bonds is 6. The molecule has 1 aliphatic heterocycles. The molecule has 1 amide bonds. The van der Waals surface area contributed by atoms with Crippen LogP contribution in [0.3, 0.4) is 0 Å². The van der Waals surface area contributed by atoms with E-state index in [1.165, 1.54) is 0 Å². The first-order valence-electron chi connectivity index (χ1n) is 12.0. The molecule has 5 rings (SSSR count). The molecule has 2 aromatic carbocycles. The molecule has 7 heteroatoms. The Morgan fingerprint density at radius 1 is 1.12 bits per heavy atom. The molecule has 0 radical (unpaired) electrons. The molecular formula is C27H30N4O3. The van der Waals surface area contributed by atoms with Gasteiger partial charge in [-0.1, -0.05) is 30.3 Å². The third kappa shape index (κ3) is 4.75. The minimum Gasteiger partial charge on any atom is -0.493 e. The van der Waals surface area contributed by atoms with Gasteiger partial charge in [0.15, 0.2) is 0 Å². The number of carbonyl (C=O) groups is 1. The van der Waals surface area contributed by atoms with Gasteiger partial charge in [-0.3, -0.25) is 9.69 Å². The number of fused-ring (bicyclic) bond motifs is 1. The highest BCUT2D eigenvalue weighted by Crippen LogP contribution is 2.31. The van der Waals surface area contributed by atoms with E-state index in [0.29, 0.717) is 36.8 Å². The number of ether oxygens (including phenoxy) is 1. The van der Waals surface area contributed by atoms with Crippen LogP contribution in [0.15, 0.2) is 60.8 Å². The van der Waals surface area contributed by atoms with E-state index in [-0.39, 0.29) is 24.1 Å². The van der Waals surface area contributed by atoms with Crippen LogP contribution in [0.25, 0.3) is 0 Å². The van der Waals surface area contributed by atoms with Crippen LogP contribution in [0.2, 0.25) is 0 Å². The summed E-state index contributed by atoms with van der Waals surface area (Å²) in [7, 11) is 0. The quantitative estimate of drug-likeness (QED) is 0.564. The van der Waals surface area contributed by atoms with Gasteiger partial charge in [-0.05, 0) is 68.0 Å². The zero-order chi connectivity index (χ0) is 23.5. The summed E-state index contributed by atoms with van der Waals surface area (Å²) in [5.74, 6) is 1.81. The predicted molar refractivity (Wildman–Crippen MR) is 131 cm³/mol. The minimum atomic E-state index is -0.306.